The van der Waals surface area contributed by atoms with E-state index in [1.807, 2.05) is 6.07 Å². The summed E-state index contributed by atoms with van der Waals surface area (Å²) in [7, 11) is -4.50. The first-order valence-electron chi connectivity index (χ1n) is 6.47. The summed E-state index contributed by atoms with van der Waals surface area (Å²) in [6.45, 7) is -0.277. The lowest BCUT2D eigenvalue weighted by Gasteiger charge is -2.10. The summed E-state index contributed by atoms with van der Waals surface area (Å²) < 4.78 is 25.1. The summed E-state index contributed by atoms with van der Waals surface area (Å²) in [6.07, 6.45) is 0. The molecule has 0 radical (unpaired) electrons. The number of ether oxygens (including phenoxy) is 1. The number of benzene rings is 1. The molecule has 23 heavy (non-hydrogen) atoms. The largest absolute Gasteiger partial charge is 0.469 e. The molecule has 0 aliphatic heterocycles. The van der Waals surface area contributed by atoms with E-state index >= 15 is 0 Å². The van der Waals surface area contributed by atoms with Crippen LogP contribution in [0.3, 0.4) is 0 Å². The zero-order valence-electron chi connectivity index (χ0n) is 11.8. The number of hydrogen-bond donors (Lipinski definition) is 3. The lowest BCUT2D eigenvalue weighted by Crippen LogP contribution is -2.28. The van der Waals surface area contributed by atoms with E-state index in [1.165, 1.54) is 0 Å². The highest BCUT2D eigenvalue weighted by molar-refractivity contribution is 7.80. The number of fused-ring (bicyclic) bond motifs is 1. The number of nitrogens with one attached hydrogen (secondary N) is 1. The zero-order chi connectivity index (χ0) is 16.9. The van der Waals surface area contributed by atoms with Crippen LogP contribution in [0.15, 0.2) is 39.5 Å². The van der Waals surface area contributed by atoms with Gasteiger partial charge in [-0.2, -0.15) is 0 Å². The van der Waals surface area contributed by atoms with Gasteiger partial charge in [-0.1, -0.05) is 18.2 Å². The number of rotatable bonds is 6. The van der Waals surface area contributed by atoms with Gasteiger partial charge in [0.05, 0.1) is 12.2 Å². The Bertz CT molecular complexity index is 800. The lowest BCUT2D eigenvalue weighted by atomic mass is 10.2. The van der Waals surface area contributed by atoms with E-state index in [4.69, 9.17) is 31.2 Å². The topological polar surface area (TPSA) is 118 Å². The maximum Gasteiger partial charge on any atom is 0.469 e. The quantitative estimate of drug-likeness (QED) is 0.303. The van der Waals surface area contributed by atoms with Crippen LogP contribution < -0.4 is 10.9 Å². The Morgan fingerprint density at radius 2 is 2.09 bits per heavy atom. The third-order valence-electron chi connectivity index (χ3n) is 2.70. The molecule has 2 rings (SSSR count). The summed E-state index contributed by atoms with van der Waals surface area (Å²) in [5.41, 5.74) is 0.271. The standard InChI is InChI=1S/C13H14NO7PS/c15-12-10(7-9-3-1-2-4-11(9)21-12)8-19-13(23)14-5-6-20-22(16,17)18/h1-4,7H,5-6,8H2,(H,14,23)(H2,16,17,18). The molecular formula is C13H14NO7PS. The predicted octanol–water partition coefficient (Wildman–Crippen LogP) is 1.29. The second kappa shape index (κ2) is 7.67. The Morgan fingerprint density at radius 1 is 1.35 bits per heavy atom. The van der Waals surface area contributed by atoms with E-state index in [9.17, 15) is 9.36 Å². The highest BCUT2D eigenvalue weighted by Gasteiger charge is 2.13. The van der Waals surface area contributed by atoms with Crippen molar-refractivity contribution in [2.45, 2.75) is 6.61 Å². The maximum atomic E-state index is 11.8. The predicted molar refractivity (Wildman–Crippen MR) is 85.9 cm³/mol. The molecule has 2 aromatic rings. The maximum absolute atomic E-state index is 11.8. The number of para-hydroxylation sites is 1. The van der Waals surface area contributed by atoms with Crippen molar-refractivity contribution in [1.29, 1.82) is 0 Å². The van der Waals surface area contributed by atoms with Gasteiger partial charge < -0.3 is 24.3 Å². The lowest BCUT2D eigenvalue weighted by molar-refractivity contribution is 0.197. The van der Waals surface area contributed by atoms with Gasteiger partial charge >= 0.3 is 13.4 Å². The molecule has 0 atom stereocenters. The average Bonchev–Trinajstić information content (AvgIpc) is 2.48. The number of hydrogen-bond acceptors (Lipinski definition) is 6. The minimum atomic E-state index is -4.50. The van der Waals surface area contributed by atoms with Crippen LogP contribution in [-0.2, 0) is 20.4 Å². The van der Waals surface area contributed by atoms with Crippen LogP contribution in [0.1, 0.15) is 5.56 Å². The number of thiocarbonyl (C=S) groups is 1. The monoisotopic (exact) mass is 359 g/mol. The van der Waals surface area contributed by atoms with Gasteiger partial charge in [-0.3, -0.25) is 4.52 Å². The van der Waals surface area contributed by atoms with Crippen molar-refractivity contribution in [1.82, 2.24) is 5.32 Å². The van der Waals surface area contributed by atoms with Crippen LogP contribution in [0, 0.1) is 0 Å². The van der Waals surface area contributed by atoms with E-state index in [-0.39, 0.29) is 24.9 Å². The number of phosphoric ester groups is 1. The molecule has 8 nitrogen and oxygen atoms in total. The molecule has 0 unspecified atom stereocenters. The van der Waals surface area contributed by atoms with E-state index in [0.29, 0.717) is 11.1 Å². The van der Waals surface area contributed by atoms with Crippen molar-refractivity contribution in [2.24, 2.45) is 0 Å². The molecule has 0 saturated heterocycles. The molecule has 3 N–H and O–H groups in total. The summed E-state index contributed by atoms with van der Waals surface area (Å²) in [5.74, 6) is 0. The fourth-order valence-corrected chi connectivity index (χ4v) is 2.21. The van der Waals surface area contributed by atoms with Gasteiger partial charge in [-0.15, -0.1) is 0 Å². The Balaban J connectivity index is 1.86. The van der Waals surface area contributed by atoms with Crippen LogP contribution in [0.2, 0.25) is 0 Å². The van der Waals surface area contributed by atoms with Gasteiger partial charge in [0.1, 0.15) is 12.2 Å². The van der Waals surface area contributed by atoms with Gasteiger partial charge in [-0.05, 0) is 24.4 Å². The summed E-state index contributed by atoms with van der Waals surface area (Å²) in [5, 5.41) is 3.33. The second-order valence-corrected chi connectivity index (χ2v) is 6.03. The molecule has 0 spiro atoms. The smallest absolute Gasteiger partial charge is 0.466 e. The SMILES string of the molecule is O=c1oc2ccccc2cc1COC(=S)NCCOP(=O)(O)O. The molecule has 10 heteroatoms. The third-order valence-corrected chi connectivity index (χ3v) is 3.48. The van der Waals surface area contributed by atoms with Gasteiger partial charge in [0.25, 0.3) is 5.17 Å². The zero-order valence-corrected chi connectivity index (χ0v) is 13.5. The summed E-state index contributed by atoms with van der Waals surface area (Å²) >= 11 is 4.88. The molecule has 1 heterocycles. The number of phosphoric acid groups is 1. The van der Waals surface area contributed by atoms with Crippen molar-refractivity contribution in [3.8, 4) is 0 Å². The van der Waals surface area contributed by atoms with Crippen LogP contribution in [0.5, 0.6) is 0 Å². The van der Waals surface area contributed by atoms with Crippen molar-refractivity contribution >= 4 is 36.2 Å². The average molecular weight is 359 g/mol. The Morgan fingerprint density at radius 3 is 2.83 bits per heavy atom. The van der Waals surface area contributed by atoms with Gasteiger partial charge in [0, 0.05) is 11.9 Å². The van der Waals surface area contributed by atoms with Gasteiger partial charge in [0.2, 0.25) is 0 Å². The van der Waals surface area contributed by atoms with Crippen molar-refractivity contribution in [3.63, 3.8) is 0 Å². The molecular weight excluding hydrogens is 345 g/mol. The summed E-state index contributed by atoms with van der Waals surface area (Å²) in [4.78, 5) is 28.8. The fraction of sp³-hybridized carbons (Fsp3) is 0.231. The molecule has 1 aromatic carbocycles. The van der Waals surface area contributed by atoms with Crippen LogP contribution >= 0.6 is 20.0 Å². The Kier molecular flexibility index (Phi) is 5.86. The van der Waals surface area contributed by atoms with Crippen LogP contribution in [-0.4, -0.2) is 28.1 Å². The minimum Gasteiger partial charge on any atom is -0.466 e. The highest BCUT2D eigenvalue weighted by Crippen LogP contribution is 2.35. The molecule has 0 fully saturated rings. The van der Waals surface area contributed by atoms with Gasteiger partial charge in [0.15, 0.2) is 0 Å². The second-order valence-electron chi connectivity index (χ2n) is 4.42. The van der Waals surface area contributed by atoms with Crippen molar-refractivity contribution in [3.05, 3.63) is 46.3 Å². The Labute approximate surface area is 136 Å². The molecule has 0 aliphatic rings. The molecule has 0 amide bonds. The first kappa shape index (κ1) is 17.6. The molecule has 0 bridgehead atoms. The van der Waals surface area contributed by atoms with Gasteiger partial charge in [-0.25, -0.2) is 9.36 Å². The molecule has 124 valence electrons. The van der Waals surface area contributed by atoms with Crippen molar-refractivity contribution in [2.75, 3.05) is 13.2 Å². The highest BCUT2D eigenvalue weighted by atomic mass is 32.1. The van der Waals surface area contributed by atoms with Crippen molar-refractivity contribution < 1.29 is 28.0 Å². The molecule has 0 aliphatic carbocycles. The molecule has 0 saturated carbocycles. The van der Waals surface area contributed by atoms with Crippen LogP contribution in [0.4, 0.5) is 0 Å². The first-order chi connectivity index (χ1) is 10.8. The van der Waals surface area contributed by atoms with E-state index in [0.717, 1.165) is 5.39 Å². The van der Waals surface area contributed by atoms with Crippen LogP contribution in [0.25, 0.3) is 11.0 Å². The fourth-order valence-electron chi connectivity index (χ4n) is 1.72. The molecule has 1 aromatic heterocycles. The van der Waals surface area contributed by atoms with E-state index < -0.39 is 13.4 Å². The van der Waals surface area contributed by atoms with E-state index in [1.54, 1.807) is 24.3 Å². The minimum absolute atomic E-state index is 0.0214. The summed E-state index contributed by atoms with van der Waals surface area (Å²) in [6, 6.07) is 8.73. The normalized spacial score (nSPS) is 11.4. The Hall–Kier alpha value is -1.77. The third kappa shape index (κ3) is 5.74. The first-order valence-corrected chi connectivity index (χ1v) is 8.41. The van der Waals surface area contributed by atoms with E-state index in [2.05, 4.69) is 9.84 Å².